The lowest BCUT2D eigenvalue weighted by Gasteiger charge is -2.18. The molecule has 1 unspecified atom stereocenters. The number of carbonyl (C=O) groups is 1. The van der Waals surface area contributed by atoms with Crippen molar-refractivity contribution in [2.75, 3.05) is 18.2 Å². The van der Waals surface area contributed by atoms with E-state index in [2.05, 4.69) is 30.6 Å². The van der Waals surface area contributed by atoms with Crippen LogP contribution in [0.1, 0.15) is 5.56 Å². The quantitative estimate of drug-likeness (QED) is 0.646. The number of anilines is 2. The second-order valence-corrected chi connectivity index (χ2v) is 5.69. The van der Waals surface area contributed by atoms with Crippen LogP contribution in [-0.4, -0.2) is 34.0 Å². The van der Waals surface area contributed by atoms with Crippen LogP contribution in [0.5, 0.6) is 0 Å². The molecule has 2 aromatic rings. The monoisotopic (exact) mass is 390 g/mol. The first-order valence-corrected chi connectivity index (χ1v) is 7.73. The number of nitrogens with one attached hydrogen (secondary N) is 2. The fraction of sp³-hybridized carbons (Fsp3) is 0.231. The van der Waals surface area contributed by atoms with E-state index < -0.39 is 11.9 Å². The van der Waals surface area contributed by atoms with E-state index in [1.165, 1.54) is 7.11 Å². The number of benzene rings is 1. The van der Waals surface area contributed by atoms with Gasteiger partial charge < -0.3 is 11.1 Å². The highest BCUT2D eigenvalue weighted by Gasteiger charge is 2.22. The Balaban J connectivity index is 2.27. The van der Waals surface area contributed by atoms with Crippen molar-refractivity contribution in [3.05, 3.63) is 39.1 Å². The van der Waals surface area contributed by atoms with E-state index in [1.807, 2.05) is 0 Å². The summed E-state index contributed by atoms with van der Waals surface area (Å²) in [6.45, 7) is 0. The maximum absolute atomic E-state index is 12.2. The minimum absolute atomic E-state index is 0.0434. The van der Waals surface area contributed by atoms with E-state index in [-0.39, 0.29) is 23.6 Å². The average molecular weight is 392 g/mol. The number of halogens is 3. The Morgan fingerprint density at radius 2 is 2.04 bits per heavy atom. The molecule has 128 valence electrons. The molecular weight excluding hydrogens is 379 g/mol. The fourth-order valence-electron chi connectivity index (χ4n) is 1.89. The molecule has 0 fully saturated rings. The molecule has 24 heavy (non-hydrogen) atoms. The lowest BCUT2D eigenvalue weighted by Crippen LogP contribution is -2.41. The number of hydroxylamine groups is 1. The number of nitrogens with zero attached hydrogens (tertiary/aromatic N) is 3. The van der Waals surface area contributed by atoms with Crippen LogP contribution in [0.15, 0.2) is 18.2 Å². The molecule has 1 atom stereocenters. The lowest BCUT2D eigenvalue weighted by atomic mass is 10.1. The van der Waals surface area contributed by atoms with E-state index in [4.69, 9.17) is 40.5 Å². The smallest absolute Gasteiger partial charge is 0.266 e. The molecule has 2 rings (SSSR count). The Hall–Kier alpha value is -1.87. The molecule has 0 radical (unpaired) electrons. The van der Waals surface area contributed by atoms with E-state index in [0.29, 0.717) is 15.6 Å². The molecular formula is C13H13Cl3N6O2. The molecule has 0 aliphatic carbocycles. The Kier molecular flexibility index (Phi) is 6.38. The second kappa shape index (κ2) is 8.29. The topological polar surface area (TPSA) is 115 Å². The minimum Gasteiger partial charge on any atom is -0.368 e. The van der Waals surface area contributed by atoms with Crippen LogP contribution in [0.3, 0.4) is 0 Å². The average Bonchev–Trinajstić information content (AvgIpc) is 2.50. The summed E-state index contributed by atoms with van der Waals surface area (Å²) in [5, 5.41) is 3.45. The van der Waals surface area contributed by atoms with E-state index >= 15 is 0 Å². The summed E-state index contributed by atoms with van der Waals surface area (Å²) in [7, 11) is 1.32. The van der Waals surface area contributed by atoms with Gasteiger partial charge in [0.1, 0.15) is 6.04 Å². The SMILES string of the molecule is CONC(=O)C(Cc1cccc(Cl)c1Cl)Nc1nc(N)nc(Cl)n1. The molecule has 0 spiro atoms. The number of nitrogen functional groups attached to an aromatic ring is 1. The van der Waals surface area contributed by atoms with Crippen LogP contribution in [0.2, 0.25) is 15.3 Å². The van der Waals surface area contributed by atoms with Crippen molar-refractivity contribution in [3.63, 3.8) is 0 Å². The highest BCUT2D eigenvalue weighted by Crippen LogP contribution is 2.26. The van der Waals surface area contributed by atoms with Crippen molar-refractivity contribution in [3.8, 4) is 0 Å². The van der Waals surface area contributed by atoms with Gasteiger partial charge in [-0.1, -0.05) is 35.3 Å². The van der Waals surface area contributed by atoms with Crippen molar-refractivity contribution in [1.29, 1.82) is 0 Å². The van der Waals surface area contributed by atoms with Crippen LogP contribution in [-0.2, 0) is 16.1 Å². The maximum atomic E-state index is 12.2. The summed E-state index contributed by atoms with van der Waals surface area (Å²) in [6, 6.07) is 4.31. The van der Waals surface area contributed by atoms with Gasteiger partial charge in [-0.05, 0) is 23.2 Å². The van der Waals surface area contributed by atoms with Gasteiger partial charge >= 0.3 is 0 Å². The third-order valence-electron chi connectivity index (χ3n) is 2.90. The van der Waals surface area contributed by atoms with E-state index in [1.54, 1.807) is 18.2 Å². The summed E-state index contributed by atoms with van der Waals surface area (Å²) in [4.78, 5) is 28.3. The third-order valence-corrected chi connectivity index (χ3v) is 3.93. The number of hydrogen-bond donors (Lipinski definition) is 3. The van der Waals surface area contributed by atoms with Crippen LogP contribution in [0, 0.1) is 0 Å². The summed E-state index contributed by atoms with van der Waals surface area (Å²) < 4.78 is 0. The predicted octanol–water partition coefficient (Wildman–Crippen LogP) is 2.11. The highest BCUT2D eigenvalue weighted by atomic mass is 35.5. The van der Waals surface area contributed by atoms with Gasteiger partial charge in [-0.3, -0.25) is 9.63 Å². The molecule has 1 aromatic carbocycles. The van der Waals surface area contributed by atoms with Crippen LogP contribution < -0.4 is 16.5 Å². The summed E-state index contributed by atoms with van der Waals surface area (Å²) in [6.07, 6.45) is 0.192. The van der Waals surface area contributed by atoms with Gasteiger partial charge in [0.15, 0.2) is 0 Å². The van der Waals surface area contributed by atoms with E-state index in [0.717, 1.165) is 0 Å². The molecule has 0 saturated heterocycles. The van der Waals surface area contributed by atoms with Crippen molar-refractivity contribution in [2.45, 2.75) is 12.5 Å². The first-order chi connectivity index (χ1) is 11.4. The highest BCUT2D eigenvalue weighted by molar-refractivity contribution is 6.42. The summed E-state index contributed by atoms with van der Waals surface area (Å²) >= 11 is 17.9. The number of aromatic nitrogens is 3. The van der Waals surface area contributed by atoms with Gasteiger partial charge in [-0.25, -0.2) is 5.48 Å². The third kappa shape index (κ3) is 4.81. The normalized spacial score (nSPS) is 11.8. The molecule has 0 saturated carbocycles. The van der Waals surface area contributed by atoms with E-state index in [9.17, 15) is 4.79 Å². The number of nitrogens with two attached hydrogens (primary N) is 1. The Morgan fingerprint density at radius 3 is 2.71 bits per heavy atom. The molecule has 8 nitrogen and oxygen atoms in total. The van der Waals surface area contributed by atoms with Crippen LogP contribution in [0.4, 0.5) is 11.9 Å². The molecule has 1 amide bonds. The van der Waals surface area contributed by atoms with Crippen LogP contribution >= 0.6 is 34.8 Å². The van der Waals surface area contributed by atoms with Crippen molar-refractivity contribution in [2.24, 2.45) is 0 Å². The Labute approximate surface area is 152 Å². The van der Waals surface area contributed by atoms with Crippen molar-refractivity contribution >= 4 is 52.6 Å². The van der Waals surface area contributed by atoms with Gasteiger partial charge in [0, 0.05) is 6.42 Å². The summed E-state index contributed by atoms with van der Waals surface area (Å²) in [5.41, 5.74) is 8.41. The Morgan fingerprint density at radius 1 is 1.29 bits per heavy atom. The van der Waals surface area contributed by atoms with Gasteiger partial charge in [0.05, 0.1) is 17.2 Å². The zero-order valence-corrected chi connectivity index (χ0v) is 14.7. The predicted molar refractivity (Wildman–Crippen MR) is 92.0 cm³/mol. The number of carbonyl (C=O) groups excluding carboxylic acids is 1. The number of amides is 1. The van der Waals surface area contributed by atoms with Gasteiger partial charge in [-0.15, -0.1) is 0 Å². The molecule has 1 heterocycles. The van der Waals surface area contributed by atoms with Gasteiger partial charge in [0.25, 0.3) is 5.91 Å². The number of rotatable bonds is 6. The van der Waals surface area contributed by atoms with Gasteiger partial charge in [-0.2, -0.15) is 15.0 Å². The zero-order chi connectivity index (χ0) is 17.7. The van der Waals surface area contributed by atoms with Crippen molar-refractivity contribution in [1.82, 2.24) is 20.4 Å². The first-order valence-electron chi connectivity index (χ1n) is 6.60. The molecule has 4 N–H and O–H groups in total. The molecule has 1 aromatic heterocycles. The lowest BCUT2D eigenvalue weighted by molar-refractivity contribution is -0.132. The molecule has 11 heteroatoms. The second-order valence-electron chi connectivity index (χ2n) is 4.57. The zero-order valence-electron chi connectivity index (χ0n) is 12.4. The first kappa shape index (κ1) is 18.5. The number of hydrogen-bond acceptors (Lipinski definition) is 7. The van der Waals surface area contributed by atoms with Crippen molar-refractivity contribution < 1.29 is 9.63 Å². The fourth-order valence-corrected chi connectivity index (χ4v) is 2.46. The molecule has 0 aliphatic heterocycles. The van der Waals surface area contributed by atoms with Gasteiger partial charge in [0.2, 0.25) is 17.2 Å². The summed E-state index contributed by atoms with van der Waals surface area (Å²) in [5.74, 6) is -0.505. The molecule has 0 aliphatic rings. The Bertz CT molecular complexity index is 725. The maximum Gasteiger partial charge on any atom is 0.266 e. The molecule has 0 bridgehead atoms. The largest absolute Gasteiger partial charge is 0.368 e. The van der Waals surface area contributed by atoms with Crippen LogP contribution in [0.25, 0.3) is 0 Å². The minimum atomic E-state index is -0.821. The standard InChI is InChI=1S/C13H13Cl3N6O2/c1-24-22-10(23)8(5-6-3-2-4-7(14)9(6)15)18-13-20-11(16)19-12(17)21-13/h2-4,8H,5H2,1H3,(H,22,23)(H3,17,18,19,20,21).